The summed E-state index contributed by atoms with van der Waals surface area (Å²) in [5, 5.41) is 3.85. The van der Waals surface area contributed by atoms with Gasteiger partial charge in [-0.1, -0.05) is 59.8 Å². The minimum absolute atomic E-state index is 0.132. The molecule has 1 heterocycles. The van der Waals surface area contributed by atoms with Crippen LogP contribution < -0.4 is 15.5 Å². The highest BCUT2D eigenvalue weighted by atomic mass is 32.2. The van der Waals surface area contributed by atoms with E-state index in [0.717, 1.165) is 27.9 Å². The Labute approximate surface area is 212 Å². The molecule has 0 bridgehead atoms. The van der Waals surface area contributed by atoms with Gasteiger partial charge in [0, 0.05) is 11.3 Å². The first-order valence-corrected chi connectivity index (χ1v) is 11.8. The minimum atomic E-state index is -0.420. The first kappa shape index (κ1) is 24.2. The van der Waals surface area contributed by atoms with Crippen LogP contribution in [0.3, 0.4) is 0 Å². The Balaban J connectivity index is 1.33. The molecule has 0 atom stereocenters. The van der Waals surface area contributed by atoms with Crippen LogP contribution in [0.5, 0.6) is 5.75 Å². The summed E-state index contributed by atoms with van der Waals surface area (Å²) in [7, 11) is 0. The highest BCUT2D eigenvalue weighted by molar-refractivity contribution is 8.26. The first-order chi connectivity index (χ1) is 16.9. The van der Waals surface area contributed by atoms with Crippen LogP contribution in [-0.4, -0.2) is 33.7 Å². The van der Waals surface area contributed by atoms with Gasteiger partial charge < -0.3 is 10.1 Å². The number of ether oxygens (including phenoxy) is 1. The lowest BCUT2D eigenvalue weighted by atomic mass is 10.2. The summed E-state index contributed by atoms with van der Waals surface area (Å²) in [4.78, 5) is 37.6. The molecule has 1 aliphatic rings. The van der Waals surface area contributed by atoms with E-state index in [-0.39, 0.29) is 16.8 Å². The van der Waals surface area contributed by atoms with Gasteiger partial charge in [-0.15, -0.1) is 0 Å². The molecular weight excluding hydrogens is 482 g/mol. The normalized spacial score (nSPS) is 14.2. The van der Waals surface area contributed by atoms with Gasteiger partial charge in [0.2, 0.25) is 0 Å². The topological polar surface area (TPSA) is 87.7 Å². The maximum absolute atomic E-state index is 12.8. The third kappa shape index (κ3) is 6.34. The average Bonchev–Trinajstić information content (AvgIpc) is 3.12. The molecule has 1 saturated heterocycles. The lowest BCUT2D eigenvalue weighted by molar-refractivity contribution is -0.123. The third-order valence-electron chi connectivity index (χ3n) is 4.93. The van der Waals surface area contributed by atoms with Gasteiger partial charge in [0.25, 0.3) is 17.7 Å². The smallest absolute Gasteiger partial charge is 0.285 e. The van der Waals surface area contributed by atoms with Crippen molar-refractivity contribution in [2.24, 2.45) is 0 Å². The molecule has 1 aliphatic heterocycles. The number of amides is 3. The number of thioether (sulfide) groups is 1. The van der Waals surface area contributed by atoms with E-state index in [4.69, 9.17) is 17.0 Å². The maximum Gasteiger partial charge on any atom is 0.285 e. The lowest BCUT2D eigenvalue weighted by Crippen LogP contribution is -2.44. The molecule has 0 unspecified atom stereocenters. The van der Waals surface area contributed by atoms with E-state index in [1.54, 1.807) is 60.7 Å². The molecule has 9 heteroatoms. The number of hydrogen-bond donors (Lipinski definition) is 2. The van der Waals surface area contributed by atoms with Gasteiger partial charge >= 0.3 is 0 Å². The second-order valence-corrected chi connectivity index (χ2v) is 9.27. The van der Waals surface area contributed by atoms with E-state index < -0.39 is 11.8 Å². The zero-order valence-electron chi connectivity index (χ0n) is 18.7. The van der Waals surface area contributed by atoms with Crippen molar-refractivity contribution in [3.63, 3.8) is 0 Å². The number of carbonyl (C=O) groups is 3. The fourth-order valence-electron chi connectivity index (χ4n) is 3.11. The highest BCUT2D eigenvalue weighted by Crippen LogP contribution is 2.31. The van der Waals surface area contributed by atoms with Gasteiger partial charge in [-0.05, 0) is 67.2 Å². The van der Waals surface area contributed by atoms with Gasteiger partial charge in [0.15, 0.2) is 10.9 Å². The van der Waals surface area contributed by atoms with Crippen molar-refractivity contribution >= 4 is 57.8 Å². The van der Waals surface area contributed by atoms with Crippen LogP contribution in [0.2, 0.25) is 0 Å². The first-order valence-electron chi connectivity index (χ1n) is 10.6. The van der Waals surface area contributed by atoms with Crippen LogP contribution in [0.4, 0.5) is 5.69 Å². The number of nitrogens with zero attached hydrogens (tertiary/aromatic N) is 1. The van der Waals surface area contributed by atoms with E-state index in [0.29, 0.717) is 21.9 Å². The highest BCUT2D eigenvalue weighted by Gasteiger charge is 2.33. The number of aryl methyl sites for hydroxylation is 1. The standard InChI is InChI=1S/C26H21N3O4S2/c1-17-7-11-20(12-8-17)27-23(30)16-33-21-13-9-18(10-14-21)15-22-25(32)29(26(34)35-22)28-24(31)19-5-3-2-4-6-19/h2-15H,16H2,1H3,(H,27,30)(H,28,31)/b22-15+. The predicted molar refractivity (Wildman–Crippen MR) is 141 cm³/mol. The molecule has 176 valence electrons. The summed E-state index contributed by atoms with van der Waals surface area (Å²) in [5.74, 6) is -0.573. The summed E-state index contributed by atoms with van der Waals surface area (Å²) in [6, 6.07) is 23.0. The Kier molecular flexibility index (Phi) is 7.59. The Hall–Kier alpha value is -3.95. The van der Waals surface area contributed by atoms with Crippen molar-refractivity contribution in [1.29, 1.82) is 0 Å². The zero-order chi connectivity index (χ0) is 24.8. The van der Waals surface area contributed by atoms with Crippen molar-refractivity contribution < 1.29 is 19.1 Å². The van der Waals surface area contributed by atoms with Gasteiger partial charge in [-0.25, -0.2) is 0 Å². The summed E-state index contributed by atoms with van der Waals surface area (Å²) in [5.41, 5.74) is 5.54. The Morgan fingerprint density at radius 3 is 2.37 bits per heavy atom. The quantitative estimate of drug-likeness (QED) is 0.363. The number of benzene rings is 3. The van der Waals surface area contributed by atoms with Gasteiger partial charge in [-0.2, -0.15) is 5.01 Å². The van der Waals surface area contributed by atoms with E-state index in [1.165, 1.54) is 0 Å². The van der Waals surface area contributed by atoms with E-state index in [9.17, 15) is 14.4 Å². The number of hydrazine groups is 1. The minimum Gasteiger partial charge on any atom is -0.484 e. The molecule has 4 rings (SSSR count). The van der Waals surface area contributed by atoms with Crippen molar-refractivity contribution in [3.8, 4) is 5.75 Å². The summed E-state index contributed by atoms with van der Waals surface area (Å²) >= 11 is 6.37. The molecule has 0 aromatic heterocycles. The van der Waals surface area contributed by atoms with Crippen LogP contribution in [0.15, 0.2) is 83.8 Å². The number of thiocarbonyl (C=S) groups is 1. The third-order valence-corrected chi connectivity index (χ3v) is 6.23. The molecular formula is C26H21N3O4S2. The predicted octanol–water partition coefficient (Wildman–Crippen LogP) is 4.56. The van der Waals surface area contributed by atoms with Crippen molar-refractivity contribution in [1.82, 2.24) is 10.4 Å². The number of rotatable bonds is 7. The van der Waals surface area contributed by atoms with Gasteiger partial charge in [0.1, 0.15) is 5.75 Å². The lowest BCUT2D eigenvalue weighted by Gasteiger charge is -2.15. The molecule has 7 nitrogen and oxygen atoms in total. The maximum atomic E-state index is 12.8. The van der Waals surface area contributed by atoms with Crippen molar-refractivity contribution in [3.05, 3.63) is 100 Å². The molecule has 0 radical (unpaired) electrons. The van der Waals surface area contributed by atoms with E-state index >= 15 is 0 Å². The Morgan fingerprint density at radius 1 is 1.00 bits per heavy atom. The van der Waals surface area contributed by atoms with Crippen LogP contribution in [0.25, 0.3) is 6.08 Å². The molecule has 1 fully saturated rings. The molecule has 0 spiro atoms. The number of nitrogens with one attached hydrogen (secondary N) is 2. The van der Waals surface area contributed by atoms with Crippen molar-refractivity contribution in [2.45, 2.75) is 6.92 Å². The van der Waals surface area contributed by atoms with Gasteiger partial charge in [0.05, 0.1) is 4.91 Å². The summed E-state index contributed by atoms with van der Waals surface area (Å²) in [6.45, 7) is 1.84. The fraction of sp³-hybridized carbons (Fsp3) is 0.0769. The molecule has 3 aromatic rings. The number of carbonyl (C=O) groups excluding carboxylic acids is 3. The zero-order valence-corrected chi connectivity index (χ0v) is 20.3. The second-order valence-electron chi connectivity index (χ2n) is 7.60. The van der Waals surface area contributed by atoms with E-state index in [2.05, 4.69) is 10.7 Å². The largest absolute Gasteiger partial charge is 0.484 e. The molecule has 0 aliphatic carbocycles. The van der Waals surface area contributed by atoms with Crippen LogP contribution in [0, 0.1) is 6.92 Å². The van der Waals surface area contributed by atoms with Crippen molar-refractivity contribution in [2.75, 3.05) is 11.9 Å². The average molecular weight is 504 g/mol. The number of anilines is 1. The molecule has 3 aromatic carbocycles. The van der Waals surface area contributed by atoms with Crippen LogP contribution >= 0.6 is 24.0 Å². The van der Waals surface area contributed by atoms with Crippen LogP contribution in [0.1, 0.15) is 21.5 Å². The molecule has 3 amide bonds. The Bertz CT molecular complexity index is 1290. The molecule has 0 saturated carbocycles. The SMILES string of the molecule is Cc1ccc(NC(=O)COc2ccc(/C=C3/SC(=S)N(NC(=O)c4ccccc4)C3=O)cc2)cc1. The van der Waals surface area contributed by atoms with E-state index in [1.807, 2.05) is 31.2 Å². The second kappa shape index (κ2) is 11.0. The Morgan fingerprint density at radius 2 is 1.69 bits per heavy atom. The van der Waals surface area contributed by atoms with Crippen LogP contribution in [-0.2, 0) is 9.59 Å². The summed E-state index contributed by atoms with van der Waals surface area (Å²) in [6.07, 6.45) is 1.68. The monoisotopic (exact) mass is 503 g/mol. The fourth-order valence-corrected chi connectivity index (χ4v) is 4.29. The summed E-state index contributed by atoms with van der Waals surface area (Å²) < 4.78 is 5.79. The number of hydrogen-bond acceptors (Lipinski definition) is 6. The van der Waals surface area contributed by atoms with Gasteiger partial charge in [-0.3, -0.25) is 19.8 Å². The molecule has 2 N–H and O–H groups in total. The molecule has 35 heavy (non-hydrogen) atoms.